The second-order valence-corrected chi connectivity index (χ2v) is 8.30. The summed E-state index contributed by atoms with van der Waals surface area (Å²) in [6.07, 6.45) is 4.41. The zero-order valence-corrected chi connectivity index (χ0v) is 18.3. The summed E-state index contributed by atoms with van der Waals surface area (Å²) in [5, 5.41) is 16.4. The molecule has 1 atom stereocenters. The molecule has 0 saturated heterocycles. The lowest BCUT2D eigenvalue weighted by Crippen LogP contribution is -2.30. The molecule has 1 heterocycles. The minimum absolute atomic E-state index is 0.0633. The molecule has 0 aliphatic rings. The number of rotatable bonds is 10. The summed E-state index contributed by atoms with van der Waals surface area (Å²) in [5.74, 6) is -1.21. The third-order valence-corrected chi connectivity index (χ3v) is 5.22. The summed E-state index contributed by atoms with van der Waals surface area (Å²) in [7, 11) is 0. The van der Waals surface area contributed by atoms with Crippen LogP contribution in [-0.4, -0.2) is 26.8 Å². The maximum Gasteiger partial charge on any atom is 0.303 e. The maximum atomic E-state index is 13.4. The first-order chi connectivity index (χ1) is 15.3. The van der Waals surface area contributed by atoms with E-state index in [4.69, 9.17) is 5.11 Å². The van der Waals surface area contributed by atoms with Gasteiger partial charge in [0.05, 0.1) is 12.6 Å². The molecule has 0 fully saturated rings. The Balaban J connectivity index is 1.89. The van der Waals surface area contributed by atoms with Gasteiger partial charge in [-0.2, -0.15) is 5.10 Å². The molecule has 2 aromatic carbocycles. The Hall–Kier alpha value is -3.48. The van der Waals surface area contributed by atoms with Gasteiger partial charge in [-0.15, -0.1) is 0 Å². The van der Waals surface area contributed by atoms with E-state index in [1.165, 1.54) is 12.1 Å². The van der Waals surface area contributed by atoms with Gasteiger partial charge in [-0.05, 0) is 59.7 Å². The number of carbonyl (C=O) groups is 2. The highest BCUT2D eigenvalue weighted by Crippen LogP contribution is 2.23. The number of nitrogens with one attached hydrogen (secondary N) is 1. The van der Waals surface area contributed by atoms with Crippen molar-refractivity contribution in [2.45, 2.75) is 45.7 Å². The number of halogens is 1. The smallest absolute Gasteiger partial charge is 0.303 e. The minimum atomic E-state index is -0.916. The van der Waals surface area contributed by atoms with Crippen LogP contribution in [0.25, 0.3) is 0 Å². The molecular weight excluding hydrogens is 409 g/mol. The third-order valence-electron chi connectivity index (χ3n) is 5.22. The van der Waals surface area contributed by atoms with E-state index in [-0.39, 0.29) is 30.6 Å². The first kappa shape index (κ1) is 23.2. The summed E-state index contributed by atoms with van der Waals surface area (Å²) in [4.78, 5) is 24.4. The molecule has 0 radical (unpaired) electrons. The van der Waals surface area contributed by atoms with Crippen LogP contribution in [0.4, 0.5) is 4.39 Å². The number of carboxylic acids is 1. The molecule has 3 aromatic rings. The molecule has 0 spiro atoms. The first-order valence-electron chi connectivity index (χ1n) is 10.7. The van der Waals surface area contributed by atoms with Crippen molar-refractivity contribution in [1.29, 1.82) is 0 Å². The highest BCUT2D eigenvalue weighted by Gasteiger charge is 2.20. The zero-order valence-electron chi connectivity index (χ0n) is 18.3. The Bertz CT molecular complexity index is 1050. The molecule has 1 unspecified atom stereocenters. The van der Waals surface area contributed by atoms with Crippen LogP contribution < -0.4 is 5.32 Å². The quantitative estimate of drug-likeness (QED) is 0.485. The maximum absolute atomic E-state index is 13.4. The van der Waals surface area contributed by atoms with E-state index >= 15 is 0 Å². The van der Waals surface area contributed by atoms with E-state index in [2.05, 4.69) is 24.3 Å². The SMILES string of the molecule is CC(C)CC(NC(=O)c1cc(Cn2cccn2)ccc1CCC(=O)O)c1ccc(F)cc1. The molecule has 1 aromatic heterocycles. The van der Waals surface area contributed by atoms with Crippen LogP contribution >= 0.6 is 0 Å². The van der Waals surface area contributed by atoms with Crippen molar-refractivity contribution in [2.75, 3.05) is 0 Å². The number of nitrogens with zero attached hydrogens (tertiary/aromatic N) is 2. The molecule has 0 aliphatic carbocycles. The van der Waals surface area contributed by atoms with Crippen LogP contribution in [0.3, 0.4) is 0 Å². The van der Waals surface area contributed by atoms with Crippen molar-refractivity contribution in [1.82, 2.24) is 15.1 Å². The molecule has 1 amide bonds. The predicted molar refractivity (Wildman–Crippen MR) is 120 cm³/mol. The van der Waals surface area contributed by atoms with Gasteiger partial charge in [0.1, 0.15) is 5.82 Å². The highest BCUT2D eigenvalue weighted by molar-refractivity contribution is 5.96. The average molecular weight is 438 g/mol. The van der Waals surface area contributed by atoms with Gasteiger partial charge in [-0.25, -0.2) is 4.39 Å². The molecule has 32 heavy (non-hydrogen) atoms. The van der Waals surface area contributed by atoms with Gasteiger partial charge in [0.15, 0.2) is 0 Å². The number of carbonyl (C=O) groups excluding carboxylic acids is 1. The average Bonchev–Trinajstić information content (AvgIpc) is 3.25. The summed E-state index contributed by atoms with van der Waals surface area (Å²) < 4.78 is 15.2. The fraction of sp³-hybridized carbons (Fsp3) is 0.320. The van der Waals surface area contributed by atoms with Gasteiger partial charge in [-0.1, -0.05) is 38.1 Å². The van der Waals surface area contributed by atoms with E-state index in [0.717, 1.165) is 11.1 Å². The Morgan fingerprint density at radius 1 is 1.16 bits per heavy atom. The second kappa shape index (κ2) is 10.7. The zero-order chi connectivity index (χ0) is 23.1. The van der Waals surface area contributed by atoms with Crippen molar-refractivity contribution in [3.8, 4) is 0 Å². The Labute approximate surface area is 187 Å². The molecule has 168 valence electrons. The van der Waals surface area contributed by atoms with Gasteiger partial charge in [0, 0.05) is 24.4 Å². The van der Waals surface area contributed by atoms with Gasteiger partial charge < -0.3 is 10.4 Å². The van der Waals surface area contributed by atoms with Crippen LogP contribution in [0.2, 0.25) is 0 Å². The Morgan fingerprint density at radius 3 is 2.53 bits per heavy atom. The van der Waals surface area contributed by atoms with E-state index < -0.39 is 5.97 Å². The number of aryl methyl sites for hydroxylation is 1. The van der Waals surface area contributed by atoms with Crippen LogP contribution in [0.5, 0.6) is 0 Å². The third kappa shape index (κ3) is 6.51. The number of carboxylic acid groups (broad SMARTS) is 1. The number of amides is 1. The Kier molecular flexibility index (Phi) is 7.76. The van der Waals surface area contributed by atoms with Gasteiger partial charge in [0.2, 0.25) is 0 Å². The fourth-order valence-corrected chi connectivity index (χ4v) is 3.65. The van der Waals surface area contributed by atoms with Crippen molar-refractivity contribution < 1.29 is 19.1 Å². The van der Waals surface area contributed by atoms with Crippen molar-refractivity contribution >= 4 is 11.9 Å². The van der Waals surface area contributed by atoms with E-state index in [9.17, 15) is 14.0 Å². The lowest BCUT2D eigenvalue weighted by atomic mass is 9.95. The topological polar surface area (TPSA) is 84.2 Å². The standard InChI is InChI=1S/C25H28FN3O3/c1-17(2)14-23(20-6-9-21(26)10-7-20)28-25(32)22-15-18(16-29-13-3-12-27-29)4-5-19(22)8-11-24(30)31/h3-7,9-10,12-13,15,17,23H,8,11,14,16H2,1-2H3,(H,28,32)(H,30,31). The molecule has 0 saturated carbocycles. The number of aromatic nitrogens is 2. The van der Waals surface area contributed by atoms with Crippen molar-refractivity contribution in [3.05, 3.63) is 89.0 Å². The first-order valence-corrected chi connectivity index (χ1v) is 10.7. The summed E-state index contributed by atoms with van der Waals surface area (Å²) in [6, 6.07) is 13.2. The normalized spacial score (nSPS) is 12.0. The summed E-state index contributed by atoms with van der Waals surface area (Å²) in [6.45, 7) is 4.62. The number of hydrogen-bond donors (Lipinski definition) is 2. The fourth-order valence-electron chi connectivity index (χ4n) is 3.65. The molecule has 2 N–H and O–H groups in total. The molecule has 7 heteroatoms. The largest absolute Gasteiger partial charge is 0.481 e. The van der Waals surface area contributed by atoms with E-state index in [0.29, 0.717) is 30.0 Å². The highest BCUT2D eigenvalue weighted by atomic mass is 19.1. The molecule has 3 rings (SSSR count). The second-order valence-electron chi connectivity index (χ2n) is 8.30. The summed E-state index contributed by atoms with van der Waals surface area (Å²) in [5.41, 5.74) is 2.84. The lowest BCUT2D eigenvalue weighted by Gasteiger charge is -2.22. The van der Waals surface area contributed by atoms with Crippen molar-refractivity contribution in [2.24, 2.45) is 5.92 Å². The number of hydrogen-bond acceptors (Lipinski definition) is 3. The van der Waals surface area contributed by atoms with E-state index in [1.807, 2.05) is 24.4 Å². The van der Waals surface area contributed by atoms with Gasteiger partial charge in [-0.3, -0.25) is 14.3 Å². The van der Waals surface area contributed by atoms with Crippen LogP contribution in [0.15, 0.2) is 60.9 Å². The monoisotopic (exact) mass is 437 g/mol. The lowest BCUT2D eigenvalue weighted by molar-refractivity contribution is -0.136. The number of aliphatic carboxylic acids is 1. The van der Waals surface area contributed by atoms with Gasteiger partial charge in [0.25, 0.3) is 5.91 Å². The van der Waals surface area contributed by atoms with Crippen LogP contribution in [-0.2, 0) is 17.8 Å². The Morgan fingerprint density at radius 2 is 1.91 bits per heavy atom. The predicted octanol–water partition coefficient (Wildman–Crippen LogP) is 4.60. The number of benzene rings is 2. The van der Waals surface area contributed by atoms with E-state index in [1.54, 1.807) is 29.1 Å². The van der Waals surface area contributed by atoms with Gasteiger partial charge >= 0.3 is 5.97 Å². The molecule has 0 aliphatic heterocycles. The minimum Gasteiger partial charge on any atom is -0.481 e. The molecule has 6 nitrogen and oxygen atoms in total. The summed E-state index contributed by atoms with van der Waals surface area (Å²) >= 11 is 0. The van der Waals surface area contributed by atoms with Crippen LogP contribution in [0, 0.1) is 11.7 Å². The van der Waals surface area contributed by atoms with Crippen molar-refractivity contribution in [3.63, 3.8) is 0 Å². The van der Waals surface area contributed by atoms with Crippen LogP contribution in [0.1, 0.15) is 59.8 Å². The molecular formula is C25H28FN3O3. The molecule has 0 bridgehead atoms.